The molecule has 0 fully saturated rings. The van der Waals surface area contributed by atoms with E-state index in [4.69, 9.17) is 9.84 Å². The third-order valence-electron chi connectivity index (χ3n) is 2.02. The van der Waals surface area contributed by atoms with Gasteiger partial charge in [-0.25, -0.2) is 4.39 Å². The molecule has 0 aliphatic heterocycles. The van der Waals surface area contributed by atoms with Crippen LogP contribution in [0.3, 0.4) is 0 Å². The highest BCUT2D eigenvalue weighted by Crippen LogP contribution is 2.26. The molecule has 1 aromatic carbocycles. The molecule has 15 heavy (non-hydrogen) atoms. The maximum atomic E-state index is 13.8. The zero-order chi connectivity index (χ0) is 11.4. The van der Waals surface area contributed by atoms with Crippen molar-refractivity contribution in [2.24, 2.45) is 0 Å². The molecule has 0 bridgehead atoms. The normalized spacial score (nSPS) is 12.9. The summed E-state index contributed by atoms with van der Waals surface area (Å²) in [5.74, 6) is -0.675. The van der Waals surface area contributed by atoms with E-state index in [1.807, 2.05) is 13.8 Å². The van der Waals surface area contributed by atoms with Gasteiger partial charge in [0, 0.05) is 5.92 Å². The predicted molar refractivity (Wildman–Crippen MR) is 57.3 cm³/mol. The molecule has 0 aromatic heterocycles. The maximum absolute atomic E-state index is 13.8. The van der Waals surface area contributed by atoms with Gasteiger partial charge in [0.2, 0.25) is 0 Å². The van der Waals surface area contributed by atoms with Crippen molar-refractivity contribution in [3.05, 3.63) is 36.5 Å². The summed E-state index contributed by atoms with van der Waals surface area (Å²) in [7, 11) is 0. The van der Waals surface area contributed by atoms with E-state index < -0.39 is 11.7 Å². The van der Waals surface area contributed by atoms with Crippen molar-refractivity contribution in [3.63, 3.8) is 0 Å². The number of ether oxygens (including phenoxy) is 1. The van der Waals surface area contributed by atoms with Crippen LogP contribution in [0, 0.1) is 12.7 Å². The summed E-state index contributed by atoms with van der Waals surface area (Å²) >= 11 is 0. The lowest BCUT2D eigenvalue weighted by Gasteiger charge is -2.15. The summed E-state index contributed by atoms with van der Waals surface area (Å²) in [5.41, 5.74) is 0.385. The number of hydrogen-bond donors (Lipinski definition) is 1. The quantitative estimate of drug-likeness (QED) is 0.829. The minimum Gasteiger partial charge on any atom is -0.488 e. The van der Waals surface area contributed by atoms with Gasteiger partial charge in [0.25, 0.3) is 0 Å². The smallest absolute Gasteiger partial charge is 0.168 e. The Morgan fingerprint density at radius 1 is 1.47 bits per heavy atom. The van der Waals surface area contributed by atoms with Crippen molar-refractivity contribution in [1.29, 1.82) is 0 Å². The van der Waals surface area contributed by atoms with E-state index in [0.717, 1.165) is 0 Å². The molecule has 0 amide bonds. The van der Waals surface area contributed by atoms with Gasteiger partial charge in [0.05, 0.1) is 12.7 Å². The van der Waals surface area contributed by atoms with Crippen molar-refractivity contribution < 1.29 is 14.2 Å². The van der Waals surface area contributed by atoms with Crippen LogP contribution in [-0.4, -0.2) is 17.8 Å². The summed E-state index contributed by atoms with van der Waals surface area (Å²) in [6.07, 6.45) is -0.0767. The zero-order valence-electron chi connectivity index (χ0n) is 9.03. The van der Waals surface area contributed by atoms with Crippen LogP contribution in [0.1, 0.15) is 25.3 Å². The highest BCUT2D eigenvalue weighted by Gasteiger charge is 2.14. The Morgan fingerprint density at radius 3 is 2.67 bits per heavy atom. The third-order valence-corrected chi connectivity index (χ3v) is 2.02. The molecule has 1 atom stereocenters. The molecule has 0 aliphatic rings. The summed E-state index contributed by atoms with van der Waals surface area (Å²) in [6.45, 7) is 7.15. The molecule has 3 heteroatoms. The predicted octanol–water partition coefficient (Wildman–Crippen LogP) is 2.52. The highest BCUT2D eigenvalue weighted by atomic mass is 19.1. The fourth-order valence-electron chi connectivity index (χ4n) is 1.29. The van der Waals surface area contributed by atoms with Crippen LogP contribution >= 0.6 is 0 Å². The van der Waals surface area contributed by atoms with Crippen LogP contribution in [0.15, 0.2) is 18.2 Å². The Labute approximate surface area is 89.7 Å². The lowest BCUT2D eigenvalue weighted by molar-refractivity contribution is 0.229. The molecule has 0 saturated heterocycles. The molecule has 0 spiro atoms. The Hall–Kier alpha value is -1.09. The second kappa shape index (κ2) is 5.12. The first-order chi connectivity index (χ1) is 7.06. The van der Waals surface area contributed by atoms with Gasteiger partial charge < -0.3 is 9.84 Å². The van der Waals surface area contributed by atoms with Gasteiger partial charge in [0.1, 0.15) is 0 Å². The number of rotatable bonds is 4. The van der Waals surface area contributed by atoms with Crippen molar-refractivity contribution in [1.82, 2.24) is 0 Å². The molecule has 2 nitrogen and oxygen atoms in total. The van der Waals surface area contributed by atoms with Gasteiger partial charge >= 0.3 is 0 Å². The van der Waals surface area contributed by atoms with E-state index in [0.29, 0.717) is 5.56 Å². The summed E-state index contributed by atoms with van der Waals surface area (Å²) in [4.78, 5) is 0. The third kappa shape index (κ3) is 2.93. The Balaban J connectivity index is 3.00. The SMILES string of the molecule is [CH2]C(CO)c1cccc(OC(C)C)c1F. The van der Waals surface area contributed by atoms with Crippen molar-refractivity contribution >= 4 is 0 Å². The van der Waals surface area contributed by atoms with Crippen LogP contribution in [0.5, 0.6) is 5.75 Å². The molecule has 1 rings (SSSR count). The average Bonchev–Trinajstić information content (AvgIpc) is 2.19. The lowest BCUT2D eigenvalue weighted by atomic mass is 10.0. The Kier molecular flexibility index (Phi) is 4.09. The second-order valence-electron chi connectivity index (χ2n) is 3.71. The van der Waals surface area contributed by atoms with Gasteiger partial charge in [-0.15, -0.1) is 0 Å². The maximum Gasteiger partial charge on any atom is 0.168 e. The minimum absolute atomic E-state index is 0.0767. The van der Waals surface area contributed by atoms with Gasteiger partial charge in [0.15, 0.2) is 11.6 Å². The van der Waals surface area contributed by atoms with Crippen molar-refractivity contribution in [2.75, 3.05) is 6.61 Å². The Bertz CT molecular complexity index is 323. The van der Waals surface area contributed by atoms with E-state index in [-0.39, 0.29) is 18.5 Å². The summed E-state index contributed by atoms with van der Waals surface area (Å²) in [5, 5.41) is 8.92. The summed E-state index contributed by atoms with van der Waals surface area (Å²) in [6, 6.07) is 4.88. The van der Waals surface area contributed by atoms with E-state index in [2.05, 4.69) is 6.92 Å². The largest absolute Gasteiger partial charge is 0.488 e. The molecule has 1 radical (unpaired) electrons. The number of aliphatic hydroxyl groups is 1. The average molecular weight is 211 g/mol. The molecular formula is C12H16FO2. The first-order valence-corrected chi connectivity index (χ1v) is 4.95. The van der Waals surface area contributed by atoms with Gasteiger partial charge in [-0.05, 0) is 32.4 Å². The van der Waals surface area contributed by atoms with E-state index >= 15 is 0 Å². The van der Waals surface area contributed by atoms with E-state index in [9.17, 15) is 4.39 Å². The standard InChI is InChI=1S/C12H16FO2/c1-8(2)15-11-6-4-5-10(12(11)13)9(3)7-14/h4-6,8-9,14H,3,7H2,1-2H3. The molecule has 1 aromatic rings. The van der Waals surface area contributed by atoms with Gasteiger partial charge in [-0.2, -0.15) is 0 Å². The van der Waals surface area contributed by atoms with Crippen LogP contribution < -0.4 is 4.74 Å². The zero-order valence-corrected chi connectivity index (χ0v) is 9.03. The molecule has 1 N–H and O–H groups in total. The van der Waals surface area contributed by atoms with Crippen LogP contribution in [0.25, 0.3) is 0 Å². The molecule has 0 heterocycles. The molecule has 83 valence electrons. The topological polar surface area (TPSA) is 29.5 Å². The van der Waals surface area contributed by atoms with E-state index in [1.54, 1.807) is 18.2 Å². The van der Waals surface area contributed by atoms with Crippen LogP contribution in [0.2, 0.25) is 0 Å². The van der Waals surface area contributed by atoms with Gasteiger partial charge in [-0.3, -0.25) is 0 Å². The molecule has 0 aliphatic carbocycles. The minimum atomic E-state index is -0.458. The Morgan fingerprint density at radius 2 is 2.13 bits per heavy atom. The first kappa shape index (κ1) is 12.0. The van der Waals surface area contributed by atoms with Crippen LogP contribution in [-0.2, 0) is 0 Å². The van der Waals surface area contributed by atoms with Gasteiger partial charge in [-0.1, -0.05) is 12.1 Å². The fourth-order valence-corrected chi connectivity index (χ4v) is 1.29. The fraction of sp³-hybridized carbons (Fsp3) is 0.417. The lowest BCUT2D eigenvalue weighted by Crippen LogP contribution is -2.09. The van der Waals surface area contributed by atoms with E-state index in [1.165, 1.54) is 0 Å². The van der Waals surface area contributed by atoms with Crippen molar-refractivity contribution in [2.45, 2.75) is 25.9 Å². The molecule has 0 saturated carbocycles. The molecule has 1 unspecified atom stereocenters. The molecular weight excluding hydrogens is 195 g/mol. The monoisotopic (exact) mass is 211 g/mol. The van der Waals surface area contributed by atoms with Crippen LogP contribution in [0.4, 0.5) is 4.39 Å². The number of benzene rings is 1. The van der Waals surface area contributed by atoms with Crippen molar-refractivity contribution in [3.8, 4) is 5.75 Å². The highest BCUT2D eigenvalue weighted by molar-refractivity contribution is 5.34. The number of aliphatic hydroxyl groups excluding tert-OH is 1. The second-order valence-corrected chi connectivity index (χ2v) is 3.71. The number of halogens is 1. The summed E-state index contributed by atoms with van der Waals surface area (Å²) < 4.78 is 19.1. The number of hydrogen-bond acceptors (Lipinski definition) is 2. The first-order valence-electron chi connectivity index (χ1n) is 4.95.